The molecule has 0 heterocycles. The van der Waals surface area contributed by atoms with Gasteiger partial charge in [-0.05, 0) is 31.9 Å². The standard InChI is InChI=1S/C13H20O4/c1-13(15,7-4-8-14)11-6-5-10(16-2)9-12(11)17-3/h5-6,9,14-15H,4,7-8H2,1-3H3. The molecule has 1 rings (SSSR count). The average molecular weight is 240 g/mol. The van der Waals surface area contributed by atoms with Gasteiger partial charge in [0.2, 0.25) is 0 Å². The van der Waals surface area contributed by atoms with E-state index in [1.165, 1.54) is 0 Å². The molecule has 0 fully saturated rings. The van der Waals surface area contributed by atoms with Crippen LogP contribution in [0.15, 0.2) is 18.2 Å². The van der Waals surface area contributed by atoms with E-state index in [0.717, 1.165) is 0 Å². The van der Waals surface area contributed by atoms with E-state index in [-0.39, 0.29) is 6.61 Å². The number of aliphatic hydroxyl groups is 2. The maximum atomic E-state index is 10.4. The van der Waals surface area contributed by atoms with Gasteiger partial charge in [-0.1, -0.05) is 0 Å². The Morgan fingerprint density at radius 3 is 2.47 bits per heavy atom. The number of rotatable bonds is 6. The third kappa shape index (κ3) is 3.35. The highest BCUT2D eigenvalue weighted by atomic mass is 16.5. The molecule has 4 heteroatoms. The molecule has 0 aromatic heterocycles. The monoisotopic (exact) mass is 240 g/mol. The van der Waals surface area contributed by atoms with Gasteiger partial charge in [-0.25, -0.2) is 0 Å². The Labute approximate surface area is 102 Å². The second-order valence-electron chi connectivity index (χ2n) is 4.17. The molecule has 96 valence electrons. The minimum atomic E-state index is -1.01. The molecule has 4 nitrogen and oxygen atoms in total. The van der Waals surface area contributed by atoms with E-state index in [2.05, 4.69) is 0 Å². The maximum absolute atomic E-state index is 10.4. The molecule has 1 aromatic rings. The quantitative estimate of drug-likeness (QED) is 0.794. The largest absolute Gasteiger partial charge is 0.497 e. The van der Waals surface area contributed by atoms with E-state index in [1.807, 2.05) is 0 Å². The van der Waals surface area contributed by atoms with Crippen molar-refractivity contribution in [1.29, 1.82) is 0 Å². The molecule has 2 N–H and O–H groups in total. The SMILES string of the molecule is COc1ccc(C(C)(O)CCCO)c(OC)c1. The van der Waals surface area contributed by atoms with E-state index in [1.54, 1.807) is 39.3 Å². The Bertz CT molecular complexity index is 360. The molecule has 1 unspecified atom stereocenters. The van der Waals surface area contributed by atoms with E-state index < -0.39 is 5.60 Å². The number of benzene rings is 1. The van der Waals surface area contributed by atoms with Crippen LogP contribution in [0.4, 0.5) is 0 Å². The minimum absolute atomic E-state index is 0.0641. The number of aliphatic hydroxyl groups excluding tert-OH is 1. The molecule has 0 saturated carbocycles. The summed E-state index contributed by atoms with van der Waals surface area (Å²) >= 11 is 0. The lowest BCUT2D eigenvalue weighted by molar-refractivity contribution is 0.0379. The zero-order valence-corrected chi connectivity index (χ0v) is 10.6. The van der Waals surface area contributed by atoms with Gasteiger partial charge in [0.15, 0.2) is 0 Å². The summed E-state index contributed by atoms with van der Waals surface area (Å²) in [5.41, 5.74) is -0.311. The van der Waals surface area contributed by atoms with E-state index in [4.69, 9.17) is 14.6 Å². The van der Waals surface area contributed by atoms with Crippen molar-refractivity contribution in [2.45, 2.75) is 25.4 Å². The molecule has 0 aliphatic heterocycles. The van der Waals surface area contributed by atoms with Crippen LogP contribution >= 0.6 is 0 Å². The summed E-state index contributed by atoms with van der Waals surface area (Å²) in [5, 5.41) is 19.2. The van der Waals surface area contributed by atoms with Gasteiger partial charge < -0.3 is 19.7 Å². The Morgan fingerprint density at radius 2 is 1.94 bits per heavy atom. The molecule has 0 aliphatic rings. The topological polar surface area (TPSA) is 58.9 Å². The smallest absolute Gasteiger partial charge is 0.128 e. The summed E-state index contributed by atoms with van der Waals surface area (Å²) in [6.07, 6.45) is 1.02. The summed E-state index contributed by atoms with van der Waals surface area (Å²) in [6, 6.07) is 5.31. The molecule has 0 aliphatic carbocycles. The van der Waals surface area contributed by atoms with Gasteiger partial charge in [-0.3, -0.25) is 0 Å². The predicted octanol–water partition coefficient (Wildman–Crippen LogP) is 1.68. The number of methoxy groups -OCH3 is 2. The first-order valence-corrected chi connectivity index (χ1v) is 5.61. The molecule has 0 radical (unpaired) electrons. The van der Waals surface area contributed by atoms with Crippen LogP contribution in [0, 0.1) is 0 Å². The fourth-order valence-electron chi connectivity index (χ4n) is 1.80. The van der Waals surface area contributed by atoms with Crippen LogP contribution in [-0.4, -0.2) is 31.0 Å². The summed E-state index contributed by atoms with van der Waals surface area (Å²) in [4.78, 5) is 0. The average Bonchev–Trinajstić information content (AvgIpc) is 2.35. The van der Waals surface area contributed by atoms with Gasteiger partial charge in [-0.15, -0.1) is 0 Å². The van der Waals surface area contributed by atoms with Crippen molar-refractivity contribution >= 4 is 0 Å². The van der Waals surface area contributed by atoms with Crippen LogP contribution in [0.3, 0.4) is 0 Å². The van der Waals surface area contributed by atoms with Gasteiger partial charge in [0.1, 0.15) is 11.5 Å². The van der Waals surface area contributed by atoms with Crippen molar-refractivity contribution in [1.82, 2.24) is 0 Å². The van der Waals surface area contributed by atoms with Crippen LogP contribution in [0.25, 0.3) is 0 Å². The number of ether oxygens (including phenoxy) is 2. The second-order valence-corrected chi connectivity index (χ2v) is 4.17. The van der Waals surface area contributed by atoms with Crippen molar-refractivity contribution in [3.8, 4) is 11.5 Å². The molecular formula is C13H20O4. The van der Waals surface area contributed by atoms with Crippen LogP contribution < -0.4 is 9.47 Å². The molecule has 17 heavy (non-hydrogen) atoms. The van der Waals surface area contributed by atoms with Crippen molar-refractivity contribution in [3.05, 3.63) is 23.8 Å². The Balaban J connectivity index is 3.03. The highest BCUT2D eigenvalue weighted by Gasteiger charge is 2.26. The van der Waals surface area contributed by atoms with E-state index in [0.29, 0.717) is 29.9 Å². The normalized spacial score (nSPS) is 14.2. The van der Waals surface area contributed by atoms with E-state index >= 15 is 0 Å². The summed E-state index contributed by atoms with van der Waals surface area (Å²) in [7, 11) is 3.14. The third-order valence-electron chi connectivity index (χ3n) is 2.81. The number of hydrogen-bond acceptors (Lipinski definition) is 4. The van der Waals surface area contributed by atoms with E-state index in [9.17, 15) is 5.11 Å². The molecule has 1 aromatic carbocycles. The van der Waals surface area contributed by atoms with Crippen LogP contribution in [0.2, 0.25) is 0 Å². The lowest BCUT2D eigenvalue weighted by Crippen LogP contribution is -2.22. The van der Waals surface area contributed by atoms with Gasteiger partial charge in [-0.2, -0.15) is 0 Å². The Morgan fingerprint density at radius 1 is 1.24 bits per heavy atom. The fraction of sp³-hybridized carbons (Fsp3) is 0.538. The second kappa shape index (κ2) is 5.89. The highest BCUT2D eigenvalue weighted by Crippen LogP contribution is 2.35. The lowest BCUT2D eigenvalue weighted by Gasteiger charge is -2.25. The molecule has 0 saturated heterocycles. The van der Waals surface area contributed by atoms with Crippen molar-refractivity contribution in [2.24, 2.45) is 0 Å². The summed E-state index contributed by atoms with van der Waals surface area (Å²) in [6.45, 7) is 1.78. The van der Waals surface area contributed by atoms with Gasteiger partial charge in [0.05, 0.1) is 19.8 Å². The van der Waals surface area contributed by atoms with Crippen molar-refractivity contribution in [3.63, 3.8) is 0 Å². The first kappa shape index (κ1) is 13.8. The van der Waals surface area contributed by atoms with Gasteiger partial charge in [0.25, 0.3) is 0 Å². The lowest BCUT2D eigenvalue weighted by atomic mass is 9.90. The number of hydrogen-bond donors (Lipinski definition) is 2. The van der Waals surface area contributed by atoms with Crippen molar-refractivity contribution < 1.29 is 19.7 Å². The van der Waals surface area contributed by atoms with Crippen molar-refractivity contribution in [2.75, 3.05) is 20.8 Å². The van der Waals surface area contributed by atoms with Crippen LogP contribution in [0.5, 0.6) is 11.5 Å². The minimum Gasteiger partial charge on any atom is -0.497 e. The molecule has 0 spiro atoms. The first-order chi connectivity index (χ1) is 8.05. The molecule has 1 atom stereocenters. The third-order valence-corrected chi connectivity index (χ3v) is 2.81. The molecule has 0 amide bonds. The maximum Gasteiger partial charge on any atom is 0.128 e. The van der Waals surface area contributed by atoms with Gasteiger partial charge >= 0.3 is 0 Å². The Hall–Kier alpha value is -1.26. The molecule has 0 bridgehead atoms. The zero-order valence-electron chi connectivity index (χ0n) is 10.6. The van der Waals surface area contributed by atoms with Crippen LogP contribution in [0.1, 0.15) is 25.3 Å². The molecular weight excluding hydrogens is 220 g/mol. The van der Waals surface area contributed by atoms with Gasteiger partial charge in [0, 0.05) is 18.2 Å². The zero-order chi connectivity index (χ0) is 12.9. The summed E-state index contributed by atoms with van der Waals surface area (Å²) < 4.78 is 10.4. The first-order valence-electron chi connectivity index (χ1n) is 5.61. The summed E-state index contributed by atoms with van der Waals surface area (Å²) in [5.74, 6) is 1.27. The predicted molar refractivity (Wildman–Crippen MR) is 65.4 cm³/mol. The highest BCUT2D eigenvalue weighted by molar-refractivity contribution is 5.43. The Kier molecular flexibility index (Phi) is 4.78. The van der Waals surface area contributed by atoms with Crippen LogP contribution in [-0.2, 0) is 5.60 Å². The fourth-order valence-corrected chi connectivity index (χ4v) is 1.80.